The molecule has 0 fully saturated rings. The van der Waals surface area contributed by atoms with Crippen LogP contribution in [0, 0.1) is 13.8 Å². The lowest BCUT2D eigenvalue weighted by atomic mass is 10.2. The molecule has 0 aliphatic rings. The Morgan fingerprint density at radius 2 is 1.60 bits per heavy atom. The molecule has 1 aromatic heterocycles. The van der Waals surface area contributed by atoms with Crippen LogP contribution in [0.2, 0.25) is 0 Å². The summed E-state index contributed by atoms with van der Waals surface area (Å²) in [5.74, 6) is 0.833. The van der Waals surface area contributed by atoms with Gasteiger partial charge < -0.3 is 18.8 Å². The molecule has 3 aromatic carbocycles. The number of amides is 1. The summed E-state index contributed by atoms with van der Waals surface area (Å²) in [5.41, 5.74) is 6.89. The number of nitrogens with one attached hydrogen (secondary N) is 1. The number of aromatic nitrogens is 1. The summed E-state index contributed by atoms with van der Waals surface area (Å²) in [6.07, 6.45) is 1.55. The zero-order valence-electron chi connectivity index (χ0n) is 24.2. The highest BCUT2D eigenvalue weighted by atomic mass is 32.2. The number of ether oxygens (including phenoxy) is 3. The van der Waals surface area contributed by atoms with Crippen LogP contribution < -0.4 is 19.6 Å². The fraction of sp³-hybridized carbons (Fsp3) is 0.226. The highest BCUT2D eigenvalue weighted by molar-refractivity contribution is 7.89. The number of sulfonamides is 1. The summed E-state index contributed by atoms with van der Waals surface area (Å²) < 4.78 is 46.3. The zero-order valence-corrected chi connectivity index (χ0v) is 25.0. The van der Waals surface area contributed by atoms with Crippen LogP contribution >= 0.6 is 0 Å². The maximum Gasteiger partial charge on any atom is 0.255 e. The Morgan fingerprint density at radius 3 is 2.24 bits per heavy atom. The molecular weight excluding hydrogens is 556 g/mol. The third-order valence-corrected chi connectivity index (χ3v) is 8.50. The van der Waals surface area contributed by atoms with E-state index < -0.39 is 22.5 Å². The fourth-order valence-electron chi connectivity index (χ4n) is 4.56. The van der Waals surface area contributed by atoms with E-state index in [0.717, 1.165) is 38.3 Å². The molecule has 220 valence electrons. The van der Waals surface area contributed by atoms with Gasteiger partial charge in [-0.3, -0.25) is 4.79 Å². The summed E-state index contributed by atoms with van der Waals surface area (Å²) in [5, 5.41) is 4.13. The van der Waals surface area contributed by atoms with Crippen LogP contribution in [0.15, 0.2) is 88.9 Å². The highest BCUT2D eigenvalue weighted by Gasteiger charge is 2.28. The summed E-state index contributed by atoms with van der Waals surface area (Å²) >= 11 is 0. The van der Waals surface area contributed by atoms with E-state index in [2.05, 4.69) is 15.1 Å². The first-order chi connectivity index (χ1) is 20.2. The van der Waals surface area contributed by atoms with Gasteiger partial charge in [-0.1, -0.05) is 30.3 Å². The second-order valence-corrected chi connectivity index (χ2v) is 11.4. The topological polar surface area (TPSA) is 111 Å². The third-order valence-electron chi connectivity index (χ3n) is 6.71. The predicted molar refractivity (Wildman–Crippen MR) is 161 cm³/mol. The number of aryl methyl sites for hydroxylation is 1. The molecule has 1 amide bonds. The number of benzene rings is 3. The number of carbonyl (C=O) groups is 1. The van der Waals surface area contributed by atoms with Crippen molar-refractivity contribution >= 4 is 22.1 Å². The van der Waals surface area contributed by atoms with E-state index in [-0.39, 0.29) is 17.2 Å². The Hall–Kier alpha value is -4.61. The molecule has 42 heavy (non-hydrogen) atoms. The molecule has 4 aromatic rings. The van der Waals surface area contributed by atoms with Crippen molar-refractivity contribution in [2.45, 2.75) is 25.3 Å². The average Bonchev–Trinajstić information content (AvgIpc) is 3.29. The van der Waals surface area contributed by atoms with E-state index in [1.54, 1.807) is 25.5 Å². The van der Waals surface area contributed by atoms with Crippen LogP contribution in [-0.4, -0.2) is 57.3 Å². The van der Waals surface area contributed by atoms with E-state index in [9.17, 15) is 13.2 Å². The summed E-state index contributed by atoms with van der Waals surface area (Å²) in [7, 11) is 0.415. The molecule has 1 heterocycles. The molecule has 0 aliphatic heterocycles. The van der Waals surface area contributed by atoms with E-state index in [1.165, 1.54) is 32.4 Å². The van der Waals surface area contributed by atoms with E-state index >= 15 is 0 Å². The number of rotatable bonds is 12. The maximum absolute atomic E-state index is 13.7. The largest absolute Gasteiger partial charge is 0.497 e. The smallest absolute Gasteiger partial charge is 0.255 e. The highest BCUT2D eigenvalue weighted by Crippen LogP contribution is 2.31. The first-order valence-corrected chi connectivity index (χ1v) is 14.5. The van der Waals surface area contributed by atoms with E-state index in [1.807, 2.05) is 62.4 Å². The van der Waals surface area contributed by atoms with Crippen molar-refractivity contribution < 1.29 is 27.4 Å². The second-order valence-electron chi connectivity index (χ2n) is 9.43. The van der Waals surface area contributed by atoms with Gasteiger partial charge in [-0.2, -0.15) is 9.41 Å². The molecule has 0 bridgehead atoms. The van der Waals surface area contributed by atoms with Crippen LogP contribution in [-0.2, 0) is 21.4 Å². The molecule has 0 spiro atoms. The standard InChI is InChI=1S/C31H34N4O6S/c1-22-17-25(23(2)35(22)26-11-13-27(39-3)14-12-26)19-32-33-31(36)21-34(20-24-9-7-6-8-10-24)42(37,38)28-15-16-29(40-4)30(18-28)41-5/h6-19H,20-21H2,1-5H3,(H,33,36)/b32-19+. The Kier molecular flexibility index (Phi) is 9.66. The van der Waals surface area contributed by atoms with E-state index in [0.29, 0.717) is 5.75 Å². The van der Waals surface area contributed by atoms with Crippen molar-refractivity contribution in [3.8, 4) is 22.9 Å². The minimum absolute atomic E-state index is 0.0162. The lowest BCUT2D eigenvalue weighted by Crippen LogP contribution is -2.39. The average molecular weight is 591 g/mol. The Bertz CT molecular complexity index is 1670. The molecule has 4 rings (SSSR count). The van der Waals surface area contributed by atoms with Gasteiger partial charge >= 0.3 is 0 Å². The van der Waals surface area contributed by atoms with Crippen LogP contribution in [0.3, 0.4) is 0 Å². The Balaban J connectivity index is 1.53. The molecule has 0 unspecified atom stereocenters. The SMILES string of the molecule is COc1ccc(-n2c(C)cc(/C=N/NC(=O)CN(Cc3ccccc3)S(=O)(=O)c3ccc(OC)c(OC)c3)c2C)cc1. The fourth-order valence-corrected chi connectivity index (χ4v) is 5.96. The lowest BCUT2D eigenvalue weighted by molar-refractivity contribution is -0.121. The van der Waals surface area contributed by atoms with Crippen LogP contribution in [0.25, 0.3) is 5.69 Å². The quantitative estimate of drug-likeness (QED) is 0.193. The molecule has 0 aliphatic carbocycles. The molecule has 1 N–H and O–H groups in total. The monoisotopic (exact) mass is 590 g/mol. The number of nitrogens with zero attached hydrogens (tertiary/aromatic N) is 3. The van der Waals surface area contributed by atoms with Gasteiger partial charge in [0.2, 0.25) is 10.0 Å². The van der Waals surface area contributed by atoms with Crippen LogP contribution in [0.4, 0.5) is 0 Å². The second kappa shape index (κ2) is 13.4. The molecule has 0 saturated carbocycles. The van der Waals surface area contributed by atoms with Crippen molar-refractivity contribution in [3.63, 3.8) is 0 Å². The zero-order chi connectivity index (χ0) is 30.3. The predicted octanol–water partition coefficient (Wildman–Crippen LogP) is 4.46. The molecule has 0 atom stereocenters. The van der Waals surface area contributed by atoms with Crippen LogP contribution in [0.5, 0.6) is 17.2 Å². The molecule has 0 saturated heterocycles. The Labute approximate surface area is 246 Å². The Morgan fingerprint density at radius 1 is 0.905 bits per heavy atom. The normalized spacial score (nSPS) is 11.6. The van der Waals surface area contributed by atoms with Gasteiger partial charge in [0, 0.05) is 35.2 Å². The number of carbonyl (C=O) groups excluding carboxylic acids is 1. The first kappa shape index (κ1) is 30.4. The molecule has 10 nitrogen and oxygen atoms in total. The van der Waals surface area contributed by atoms with Gasteiger partial charge in [-0.25, -0.2) is 13.8 Å². The van der Waals surface area contributed by atoms with Crippen molar-refractivity contribution in [3.05, 3.63) is 101 Å². The first-order valence-electron chi connectivity index (χ1n) is 13.1. The van der Waals surface area contributed by atoms with Gasteiger partial charge in [0.15, 0.2) is 11.5 Å². The summed E-state index contributed by atoms with van der Waals surface area (Å²) in [6, 6.07) is 23.0. The lowest BCUT2D eigenvalue weighted by Gasteiger charge is -2.22. The van der Waals surface area contributed by atoms with Gasteiger partial charge in [0.1, 0.15) is 5.75 Å². The molecule has 11 heteroatoms. The molecule has 0 radical (unpaired) electrons. The number of hydrogen-bond donors (Lipinski definition) is 1. The van der Waals surface area contributed by atoms with Crippen molar-refractivity contribution in [1.29, 1.82) is 0 Å². The summed E-state index contributed by atoms with van der Waals surface area (Å²) in [6.45, 7) is 3.47. The van der Waals surface area contributed by atoms with Gasteiger partial charge in [-0.15, -0.1) is 0 Å². The van der Waals surface area contributed by atoms with Crippen molar-refractivity contribution in [1.82, 2.24) is 14.3 Å². The minimum Gasteiger partial charge on any atom is -0.497 e. The number of methoxy groups -OCH3 is 3. The van der Waals surface area contributed by atoms with Crippen molar-refractivity contribution in [2.24, 2.45) is 5.10 Å². The minimum atomic E-state index is -4.10. The maximum atomic E-state index is 13.7. The molecular formula is C31H34N4O6S. The third kappa shape index (κ3) is 6.81. The number of hydrogen-bond acceptors (Lipinski definition) is 7. The van der Waals surface area contributed by atoms with Gasteiger partial charge in [0.25, 0.3) is 5.91 Å². The van der Waals surface area contributed by atoms with Crippen molar-refractivity contribution in [2.75, 3.05) is 27.9 Å². The van der Waals surface area contributed by atoms with E-state index in [4.69, 9.17) is 14.2 Å². The number of hydrazone groups is 1. The van der Waals surface area contributed by atoms with Gasteiger partial charge in [0.05, 0.1) is 39.0 Å². The summed E-state index contributed by atoms with van der Waals surface area (Å²) in [4.78, 5) is 13.0. The van der Waals surface area contributed by atoms with Crippen LogP contribution in [0.1, 0.15) is 22.5 Å². The van der Waals surface area contributed by atoms with Gasteiger partial charge in [-0.05, 0) is 61.9 Å².